The highest BCUT2D eigenvalue weighted by Crippen LogP contribution is 2.25. The first-order chi connectivity index (χ1) is 30.7. The highest BCUT2D eigenvalue weighted by Gasteiger charge is 2.28. The summed E-state index contributed by atoms with van der Waals surface area (Å²) in [6, 6.07) is -0.563. The molecule has 0 aromatic carbocycles. The topological polar surface area (TPSA) is 58.6 Å². The number of carbonyl (C=O) groups excluding carboxylic acids is 2. The molecule has 0 spiro atoms. The SMILES string of the molecule is CCCCCCCCCCCCCCCCCCN(CCCCCCCCCCCCCCCCCC)C(=O)[C@H](CSSCCCCCCCCCCCC)NC(=O)OC(C)(C)C. The van der Waals surface area contributed by atoms with Gasteiger partial charge >= 0.3 is 6.09 Å². The van der Waals surface area contributed by atoms with Crippen molar-refractivity contribution in [2.45, 2.75) is 323 Å². The molecule has 0 aliphatic rings. The predicted molar refractivity (Wildman–Crippen MR) is 286 cm³/mol. The van der Waals surface area contributed by atoms with Crippen LogP contribution < -0.4 is 5.32 Å². The average molecular weight is 926 g/mol. The van der Waals surface area contributed by atoms with Crippen LogP contribution in [0, 0.1) is 0 Å². The Morgan fingerprint density at radius 3 is 0.968 bits per heavy atom. The van der Waals surface area contributed by atoms with Crippen LogP contribution in [0.15, 0.2) is 0 Å². The first-order valence-electron chi connectivity index (χ1n) is 28.3. The Bertz CT molecular complexity index is 908. The zero-order chi connectivity index (χ0) is 46.2. The van der Waals surface area contributed by atoms with Gasteiger partial charge in [0, 0.05) is 24.6 Å². The number of ether oxygens (including phenoxy) is 1. The number of nitrogens with one attached hydrogen (secondary N) is 1. The van der Waals surface area contributed by atoms with E-state index in [0.29, 0.717) is 5.75 Å². The van der Waals surface area contributed by atoms with E-state index in [1.165, 1.54) is 257 Å². The number of carbonyl (C=O) groups is 2. The van der Waals surface area contributed by atoms with Gasteiger partial charge in [-0.15, -0.1) is 0 Å². The Labute approximate surface area is 403 Å². The van der Waals surface area contributed by atoms with Crippen molar-refractivity contribution in [3.63, 3.8) is 0 Å². The Morgan fingerprint density at radius 2 is 0.683 bits per heavy atom. The highest BCUT2D eigenvalue weighted by molar-refractivity contribution is 8.76. The Balaban J connectivity index is 4.86. The zero-order valence-corrected chi connectivity index (χ0v) is 45.2. The number of alkyl carbamates (subject to hydrolysis) is 1. The van der Waals surface area contributed by atoms with Crippen molar-refractivity contribution in [1.82, 2.24) is 10.2 Å². The highest BCUT2D eigenvalue weighted by atomic mass is 33.1. The van der Waals surface area contributed by atoms with E-state index in [4.69, 9.17) is 4.74 Å². The minimum absolute atomic E-state index is 0.0785. The van der Waals surface area contributed by atoms with Crippen LogP contribution in [0.25, 0.3) is 0 Å². The summed E-state index contributed by atoms with van der Waals surface area (Å²) in [4.78, 5) is 29.5. The molecular weight excluding hydrogens is 813 g/mol. The van der Waals surface area contributed by atoms with Gasteiger partial charge in [-0.2, -0.15) is 0 Å². The lowest BCUT2D eigenvalue weighted by Gasteiger charge is -2.29. The lowest BCUT2D eigenvalue weighted by atomic mass is 10.0. The second kappa shape index (κ2) is 49.3. The van der Waals surface area contributed by atoms with Gasteiger partial charge in [-0.1, -0.05) is 293 Å². The van der Waals surface area contributed by atoms with Gasteiger partial charge in [-0.25, -0.2) is 4.79 Å². The fraction of sp³-hybridized carbons (Fsp3) is 0.964. The number of nitrogens with zero attached hydrogens (tertiary/aromatic N) is 1. The summed E-state index contributed by atoms with van der Waals surface area (Å²) in [6.07, 6.45) is 56.1. The molecule has 0 rings (SSSR count). The molecule has 2 amide bonds. The molecule has 1 N–H and O–H groups in total. The molecule has 0 saturated heterocycles. The quantitative estimate of drug-likeness (QED) is 0.0487. The standard InChI is InChI=1S/C56H112N2O3S2/c1-7-10-13-16-19-22-25-27-29-31-33-35-37-40-43-46-49-58(50-47-44-41-38-36-34-32-30-28-26-23-20-17-14-11-8-2)54(59)53(57-55(60)61-56(4,5)6)52-63-62-51-48-45-42-39-24-21-18-15-12-9-3/h53H,7-52H2,1-6H3,(H,57,60)/t53-/m0/s1. The number of amides is 2. The monoisotopic (exact) mass is 925 g/mol. The lowest BCUT2D eigenvalue weighted by molar-refractivity contribution is -0.133. The first kappa shape index (κ1) is 62.4. The molecule has 7 heteroatoms. The summed E-state index contributed by atoms with van der Waals surface area (Å²) in [7, 11) is 3.61. The summed E-state index contributed by atoms with van der Waals surface area (Å²) in [5, 5.41) is 3.02. The average Bonchev–Trinajstić information content (AvgIpc) is 3.25. The van der Waals surface area contributed by atoms with Gasteiger partial charge in [0.15, 0.2) is 0 Å². The molecule has 0 aromatic heterocycles. The van der Waals surface area contributed by atoms with Gasteiger partial charge in [0.1, 0.15) is 11.6 Å². The molecule has 376 valence electrons. The molecular formula is C56H112N2O3S2. The minimum atomic E-state index is -0.601. The molecule has 0 fully saturated rings. The van der Waals surface area contributed by atoms with E-state index >= 15 is 0 Å². The second-order valence-corrected chi connectivity index (χ2v) is 23.0. The molecule has 63 heavy (non-hydrogen) atoms. The van der Waals surface area contributed by atoms with Crippen molar-refractivity contribution < 1.29 is 14.3 Å². The molecule has 0 bridgehead atoms. The third-order valence-corrected chi connectivity index (χ3v) is 15.3. The van der Waals surface area contributed by atoms with Gasteiger partial charge in [0.05, 0.1) is 0 Å². The van der Waals surface area contributed by atoms with Crippen LogP contribution in [0.1, 0.15) is 311 Å². The van der Waals surface area contributed by atoms with Crippen LogP contribution in [-0.4, -0.2) is 53.1 Å². The van der Waals surface area contributed by atoms with Gasteiger partial charge in [0.25, 0.3) is 0 Å². The molecule has 0 saturated carbocycles. The second-order valence-electron chi connectivity index (χ2n) is 20.4. The van der Waals surface area contributed by atoms with Crippen LogP contribution in [0.4, 0.5) is 4.79 Å². The maximum Gasteiger partial charge on any atom is 0.408 e. The summed E-state index contributed by atoms with van der Waals surface area (Å²) in [5.74, 6) is 1.75. The van der Waals surface area contributed by atoms with Crippen molar-refractivity contribution in [2.75, 3.05) is 24.6 Å². The first-order valence-corrected chi connectivity index (χ1v) is 30.8. The van der Waals surface area contributed by atoms with Gasteiger partial charge < -0.3 is 15.0 Å². The number of unbranched alkanes of at least 4 members (excludes halogenated alkanes) is 39. The van der Waals surface area contributed by atoms with Crippen molar-refractivity contribution in [3.05, 3.63) is 0 Å². The van der Waals surface area contributed by atoms with Crippen LogP contribution >= 0.6 is 21.6 Å². The molecule has 0 radical (unpaired) electrons. The molecule has 0 aliphatic carbocycles. The van der Waals surface area contributed by atoms with Crippen LogP contribution in [-0.2, 0) is 9.53 Å². The Hall–Kier alpha value is -0.560. The van der Waals surface area contributed by atoms with Crippen LogP contribution in [0.5, 0.6) is 0 Å². The largest absolute Gasteiger partial charge is 0.444 e. The maximum atomic E-state index is 14.3. The van der Waals surface area contributed by atoms with E-state index in [9.17, 15) is 9.59 Å². The summed E-state index contributed by atoms with van der Waals surface area (Å²) in [6.45, 7) is 14.1. The Morgan fingerprint density at radius 1 is 0.413 bits per heavy atom. The Kier molecular flexibility index (Phi) is 48.9. The minimum Gasteiger partial charge on any atom is -0.444 e. The molecule has 0 heterocycles. The van der Waals surface area contributed by atoms with Crippen molar-refractivity contribution in [1.29, 1.82) is 0 Å². The number of hydrogen-bond acceptors (Lipinski definition) is 5. The molecule has 0 aliphatic heterocycles. The normalized spacial score (nSPS) is 12.2. The van der Waals surface area contributed by atoms with Crippen molar-refractivity contribution in [3.8, 4) is 0 Å². The van der Waals surface area contributed by atoms with Crippen molar-refractivity contribution in [2.24, 2.45) is 0 Å². The third-order valence-electron chi connectivity index (χ3n) is 12.8. The van der Waals surface area contributed by atoms with E-state index in [1.807, 2.05) is 31.6 Å². The fourth-order valence-electron chi connectivity index (χ4n) is 8.70. The van der Waals surface area contributed by atoms with Gasteiger partial charge in [0.2, 0.25) is 5.91 Å². The van der Waals surface area contributed by atoms with Crippen molar-refractivity contribution >= 4 is 33.6 Å². The van der Waals surface area contributed by atoms with E-state index in [-0.39, 0.29) is 5.91 Å². The fourth-order valence-corrected chi connectivity index (χ4v) is 11.0. The lowest BCUT2D eigenvalue weighted by Crippen LogP contribution is -2.51. The van der Waals surface area contributed by atoms with E-state index in [0.717, 1.165) is 31.7 Å². The molecule has 1 atom stereocenters. The maximum absolute atomic E-state index is 14.3. The summed E-state index contributed by atoms with van der Waals surface area (Å²) >= 11 is 0. The van der Waals surface area contributed by atoms with Crippen LogP contribution in [0.3, 0.4) is 0 Å². The van der Waals surface area contributed by atoms with E-state index < -0.39 is 17.7 Å². The smallest absolute Gasteiger partial charge is 0.408 e. The van der Waals surface area contributed by atoms with E-state index in [2.05, 4.69) is 31.0 Å². The molecule has 0 aromatic rings. The van der Waals surface area contributed by atoms with Gasteiger partial charge in [-0.05, 0) is 40.0 Å². The number of rotatable bonds is 50. The third kappa shape index (κ3) is 47.7. The summed E-state index contributed by atoms with van der Waals surface area (Å²) in [5.41, 5.74) is -0.601. The number of hydrogen-bond donors (Lipinski definition) is 1. The predicted octanol–water partition coefficient (Wildman–Crippen LogP) is 19.5. The molecule has 5 nitrogen and oxygen atoms in total. The van der Waals surface area contributed by atoms with E-state index in [1.54, 1.807) is 10.8 Å². The van der Waals surface area contributed by atoms with Gasteiger partial charge in [-0.3, -0.25) is 4.79 Å². The zero-order valence-electron chi connectivity index (χ0n) is 43.6. The van der Waals surface area contributed by atoms with Crippen LogP contribution in [0.2, 0.25) is 0 Å². The molecule has 0 unspecified atom stereocenters. The summed E-state index contributed by atoms with van der Waals surface area (Å²) < 4.78 is 5.67.